The molecule has 9 nitrogen and oxygen atoms in total. The highest BCUT2D eigenvalue weighted by molar-refractivity contribution is 8.00. The molecule has 3 aromatic heterocycles. The fourth-order valence-electron chi connectivity index (χ4n) is 3.21. The van der Waals surface area contributed by atoms with E-state index < -0.39 is 5.82 Å². The molecule has 0 aliphatic carbocycles. The van der Waals surface area contributed by atoms with Crippen molar-refractivity contribution in [3.8, 4) is 28.8 Å². The molecule has 0 radical (unpaired) electrons. The molecule has 1 aromatic carbocycles. The molecule has 0 aliphatic heterocycles. The fraction of sp³-hybridized carbons (Fsp3) is 0.273. The molecule has 0 fully saturated rings. The second kappa shape index (κ2) is 9.90. The number of hydrogen-bond acceptors (Lipinski definition) is 9. The zero-order valence-corrected chi connectivity index (χ0v) is 19.4. The monoisotopic (exact) mass is 470 g/mol. The molecule has 33 heavy (non-hydrogen) atoms. The Kier molecular flexibility index (Phi) is 6.78. The largest absolute Gasteiger partial charge is 0.494 e. The van der Waals surface area contributed by atoms with E-state index in [1.165, 1.54) is 24.3 Å². The van der Waals surface area contributed by atoms with Gasteiger partial charge in [0.1, 0.15) is 28.8 Å². The summed E-state index contributed by atoms with van der Waals surface area (Å²) in [5, 5.41) is 8.70. The maximum absolute atomic E-state index is 13.1. The highest BCUT2D eigenvalue weighted by Crippen LogP contribution is 2.38. The van der Waals surface area contributed by atoms with Crippen LogP contribution in [0.15, 0.2) is 47.1 Å². The summed E-state index contributed by atoms with van der Waals surface area (Å²) < 4.78 is 35.2. The summed E-state index contributed by atoms with van der Waals surface area (Å²) >= 11 is 1.40. The number of anilines is 1. The molecule has 1 unspecified atom stereocenters. The highest BCUT2D eigenvalue weighted by Gasteiger charge is 2.24. The van der Waals surface area contributed by atoms with Crippen LogP contribution in [0.1, 0.15) is 24.4 Å². The number of rotatable bonds is 9. The lowest BCUT2D eigenvalue weighted by molar-refractivity contribution is 0.391. The van der Waals surface area contributed by atoms with Crippen LogP contribution < -0.4 is 14.2 Å². The molecule has 0 amide bonds. The van der Waals surface area contributed by atoms with E-state index in [9.17, 15) is 4.39 Å². The van der Waals surface area contributed by atoms with E-state index in [0.29, 0.717) is 46.3 Å². The quantitative estimate of drug-likeness (QED) is 0.350. The first-order chi connectivity index (χ1) is 16.0. The summed E-state index contributed by atoms with van der Waals surface area (Å²) in [5.41, 5.74) is 0.634. The van der Waals surface area contributed by atoms with Gasteiger partial charge in [-0.05, 0) is 43.1 Å². The predicted molar refractivity (Wildman–Crippen MR) is 123 cm³/mol. The molecule has 11 heteroatoms. The van der Waals surface area contributed by atoms with Gasteiger partial charge >= 0.3 is 0 Å². The van der Waals surface area contributed by atoms with Gasteiger partial charge in [0.15, 0.2) is 11.6 Å². The van der Waals surface area contributed by atoms with Gasteiger partial charge in [-0.3, -0.25) is 9.29 Å². The van der Waals surface area contributed by atoms with E-state index >= 15 is 0 Å². The maximum atomic E-state index is 13.1. The molecule has 4 aromatic rings. The third kappa shape index (κ3) is 4.77. The van der Waals surface area contributed by atoms with Gasteiger partial charge in [0, 0.05) is 11.7 Å². The van der Waals surface area contributed by atoms with Crippen LogP contribution in [-0.2, 0) is 0 Å². The van der Waals surface area contributed by atoms with Gasteiger partial charge in [-0.15, -0.1) is 10.2 Å². The Labute approximate surface area is 194 Å². The number of methoxy groups -OCH3 is 2. The molecular weight excluding hydrogens is 447 g/mol. The number of halogens is 1. The van der Waals surface area contributed by atoms with Crippen LogP contribution >= 0.6 is 11.9 Å². The van der Waals surface area contributed by atoms with Crippen LogP contribution in [0.3, 0.4) is 0 Å². The lowest BCUT2D eigenvalue weighted by Gasteiger charge is -2.17. The third-order valence-corrected chi connectivity index (χ3v) is 5.82. The summed E-state index contributed by atoms with van der Waals surface area (Å²) in [5.74, 6) is 4.11. The number of nitrogens with zero attached hydrogens (tertiary/aromatic N) is 5. The predicted octanol–water partition coefficient (Wildman–Crippen LogP) is 4.65. The van der Waals surface area contributed by atoms with Crippen LogP contribution in [0.5, 0.6) is 11.5 Å². The number of benzene rings is 1. The van der Waals surface area contributed by atoms with Crippen molar-refractivity contribution in [2.45, 2.75) is 19.8 Å². The minimum atomic E-state index is -0.462. The summed E-state index contributed by atoms with van der Waals surface area (Å²) in [6.45, 7) is 3.83. The van der Waals surface area contributed by atoms with Gasteiger partial charge in [-0.25, -0.2) is 14.4 Å². The van der Waals surface area contributed by atoms with Crippen LogP contribution in [-0.4, -0.2) is 44.7 Å². The minimum Gasteiger partial charge on any atom is -0.494 e. The first-order valence-corrected chi connectivity index (χ1v) is 11.1. The average Bonchev–Trinajstić information content (AvgIpc) is 3.44. The van der Waals surface area contributed by atoms with Gasteiger partial charge in [0.2, 0.25) is 11.8 Å². The number of ether oxygens (including phenoxy) is 2. The normalized spacial score (nSPS) is 11.9. The molecule has 0 aliphatic rings. The van der Waals surface area contributed by atoms with E-state index in [-0.39, 0.29) is 5.92 Å². The van der Waals surface area contributed by atoms with E-state index in [1.807, 2.05) is 44.2 Å². The van der Waals surface area contributed by atoms with Crippen molar-refractivity contribution in [3.05, 3.63) is 60.1 Å². The summed E-state index contributed by atoms with van der Waals surface area (Å²) in [4.78, 5) is 8.11. The summed E-state index contributed by atoms with van der Waals surface area (Å²) in [6.07, 6.45) is 2.33. The molecule has 0 saturated carbocycles. The Morgan fingerprint density at radius 2 is 1.79 bits per heavy atom. The Morgan fingerprint density at radius 1 is 1.09 bits per heavy atom. The smallest absolute Gasteiger partial charge is 0.239 e. The number of hydrogen-bond donors (Lipinski definition) is 1. The van der Waals surface area contributed by atoms with E-state index in [2.05, 4.69) is 24.9 Å². The van der Waals surface area contributed by atoms with Crippen molar-refractivity contribution in [1.29, 1.82) is 0 Å². The molecule has 4 rings (SSSR count). The van der Waals surface area contributed by atoms with Crippen molar-refractivity contribution < 1.29 is 18.3 Å². The Bertz CT molecular complexity index is 1210. The van der Waals surface area contributed by atoms with Crippen LogP contribution in [0.25, 0.3) is 17.3 Å². The lowest BCUT2D eigenvalue weighted by atomic mass is 10.2. The maximum Gasteiger partial charge on any atom is 0.239 e. The minimum absolute atomic E-state index is 0.0209. The van der Waals surface area contributed by atoms with Crippen molar-refractivity contribution in [2.24, 2.45) is 0 Å². The molecule has 1 N–H and O–H groups in total. The molecule has 0 spiro atoms. The van der Waals surface area contributed by atoms with E-state index in [0.717, 1.165) is 5.76 Å². The standard InChI is InChI=1S/C22H23FN6O3S/c1-13(20-24-10-15(23)11-25-20)12-33-28-22-27-26-21(18-9-8-14(2)32-18)29(22)19-16(30-3)6-5-7-17(19)31-4/h5-11,13H,12H2,1-4H3,(H,27,28). The zero-order valence-electron chi connectivity index (χ0n) is 18.6. The van der Waals surface area contributed by atoms with Crippen molar-refractivity contribution >= 4 is 17.9 Å². The van der Waals surface area contributed by atoms with Gasteiger partial charge in [-0.1, -0.05) is 13.0 Å². The van der Waals surface area contributed by atoms with E-state index in [1.54, 1.807) is 18.8 Å². The first kappa shape index (κ1) is 22.6. The molecule has 0 bridgehead atoms. The molecule has 3 heterocycles. The Morgan fingerprint density at radius 3 is 2.39 bits per heavy atom. The van der Waals surface area contributed by atoms with Gasteiger partial charge < -0.3 is 13.9 Å². The van der Waals surface area contributed by atoms with Crippen LogP contribution in [0, 0.1) is 12.7 Å². The molecular formula is C22H23FN6O3S. The number of furan rings is 1. The third-order valence-electron chi connectivity index (χ3n) is 4.83. The molecule has 172 valence electrons. The SMILES string of the molecule is COc1cccc(OC)c1-n1c(NSCC(C)c2ncc(F)cn2)nnc1-c1ccc(C)o1. The molecule has 0 saturated heterocycles. The van der Waals surface area contributed by atoms with Gasteiger partial charge in [0.05, 0.1) is 26.6 Å². The van der Waals surface area contributed by atoms with E-state index in [4.69, 9.17) is 13.9 Å². The van der Waals surface area contributed by atoms with Crippen molar-refractivity contribution in [2.75, 3.05) is 24.7 Å². The van der Waals surface area contributed by atoms with Crippen LogP contribution in [0.2, 0.25) is 0 Å². The van der Waals surface area contributed by atoms with Gasteiger partial charge in [-0.2, -0.15) is 0 Å². The summed E-state index contributed by atoms with van der Waals surface area (Å²) in [7, 11) is 3.18. The number of para-hydroxylation sites is 1. The van der Waals surface area contributed by atoms with Crippen molar-refractivity contribution in [1.82, 2.24) is 24.7 Å². The Balaban J connectivity index is 1.67. The van der Waals surface area contributed by atoms with Crippen LogP contribution in [0.4, 0.5) is 10.3 Å². The number of nitrogens with one attached hydrogen (secondary N) is 1. The number of aromatic nitrogens is 5. The van der Waals surface area contributed by atoms with Gasteiger partial charge in [0.25, 0.3) is 0 Å². The second-order valence-corrected chi connectivity index (χ2v) is 8.00. The fourth-order valence-corrected chi connectivity index (χ4v) is 3.95. The zero-order chi connectivity index (χ0) is 23.4. The lowest BCUT2D eigenvalue weighted by Crippen LogP contribution is -2.08. The topological polar surface area (TPSA) is 100 Å². The Hall–Kier alpha value is -3.60. The number of aryl methyl sites for hydroxylation is 1. The first-order valence-electron chi connectivity index (χ1n) is 10.1. The van der Waals surface area contributed by atoms with Crippen molar-refractivity contribution in [3.63, 3.8) is 0 Å². The molecule has 1 atom stereocenters. The highest BCUT2D eigenvalue weighted by atomic mass is 32.2. The summed E-state index contributed by atoms with van der Waals surface area (Å²) in [6, 6.07) is 9.21. The second-order valence-electron chi connectivity index (χ2n) is 7.18. The average molecular weight is 471 g/mol.